The largest absolute Gasteiger partial charge is 0.497 e. The molecule has 0 aliphatic rings. The van der Waals surface area contributed by atoms with Crippen molar-refractivity contribution in [1.82, 2.24) is 0 Å². The monoisotopic (exact) mass is 366 g/mol. The molecule has 0 unspecified atom stereocenters. The molecule has 0 heterocycles. The number of hydrogen-bond donors (Lipinski definition) is 2. The predicted octanol–water partition coefficient (Wildman–Crippen LogP) is 3.84. The van der Waals surface area contributed by atoms with Crippen molar-refractivity contribution in [3.8, 4) is 11.5 Å². The third-order valence-corrected chi connectivity index (χ3v) is 3.64. The molecule has 2 aromatic rings. The Hall–Kier alpha value is -1.79. The number of halogens is 1. The molecule has 0 radical (unpaired) electrons. The zero-order chi connectivity index (χ0) is 15.4. The van der Waals surface area contributed by atoms with Gasteiger partial charge in [0.15, 0.2) is 0 Å². The second-order valence-electron chi connectivity index (χ2n) is 4.25. The lowest BCUT2D eigenvalue weighted by molar-refractivity contribution is 0.405. The summed E-state index contributed by atoms with van der Waals surface area (Å²) in [5.74, 6) is 1.43. The predicted molar refractivity (Wildman–Crippen MR) is 92.9 cm³/mol. The quantitative estimate of drug-likeness (QED) is 0.787. The van der Waals surface area contributed by atoms with E-state index in [-0.39, 0.29) is 0 Å². The van der Waals surface area contributed by atoms with Crippen LogP contribution in [0.3, 0.4) is 0 Å². The first-order valence-electron chi connectivity index (χ1n) is 6.13. The van der Waals surface area contributed by atoms with E-state index >= 15 is 0 Å². The Labute approximate surface area is 137 Å². The summed E-state index contributed by atoms with van der Waals surface area (Å²) < 4.78 is 11.5. The van der Waals surface area contributed by atoms with Crippen molar-refractivity contribution in [3.63, 3.8) is 0 Å². The van der Waals surface area contributed by atoms with E-state index in [0.29, 0.717) is 10.7 Å². The molecule has 110 valence electrons. The van der Waals surface area contributed by atoms with Gasteiger partial charge >= 0.3 is 0 Å². The van der Waals surface area contributed by atoms with Gasteiger partial charge in [-0.3, -0.25) is 0 Å². The molecule has 0 aliphatic carbocycles. The summed E-state index contributed by atoms with van der Waals surface area (Å²) in [7, 11) is 3.23. The lowest BCUT2D eigenvalue weighted by Gasteiger charge is -2.15. The first kappa shape index (κ1) is 15.6. The average Bonchev–Trinajstić information content (AvgIpc) is 2.48. The smallest absolute Gasteiger partial charge is 0.142 e. The number of hydrogen-bond acceptors (Lipinski definition) is 4. The molecular formula is C15H15BrN2O2S. The molecule has 0 aromatic heterocycles. The number of methoxy groups -OCH3 is 2. The minimum Gasteiger partial charge on any atom is -0.497 e. The molecule has 0 bridgehead atoms. The van der Waals surface area contributed by atoms with Crippen molar-refractivity contribution in [1.29, 1.82) is 0 Å². The minimum atomic E-state index is 0.320. The van der Waals surface area contributed by atoms with E-state index in [1.165, 1.54) is 0 Å². The van der Waals surface area contributed by atoms with E-state index in [9.17, 15) is 0 Å². The number of nitrogens with two attached hydrogens (primary N) is 1. The zero-order valence-electron chi connectivity index (χ0n) is 11.6. The third-order valence-electron chi connectivity index (χ3n) is 2.92. The van der Waals surface area contributed by atoms with Crippen LogP contribution in [0.25, 0.3) is 0 Å². The maximum absolute atomic E-state index is 5.78. The second-order valence-corrected chi connectivity index (χ2v) is 5.60. The Kier molecular flexibility index (Phi) is 5.03. The molecule has 2 aromatic carbocycles. The Bertz CT molecular complexity index is 677. The van der Waals surface area contributed by atoms with Crippen LogP contribution < -0.4 is 20.5 Å². The van der Waals surface area contributed by atoms with Gasteiger partial charge in [-0.1, -0.05) is 28.1 Å². The summed E-state index contributed by atoms with van der Waals surface area (Å²) in [5, 5.41) is 3.28. The Morgan fingerprint density at radius 3 is 2.48 bits per heavy atom. The van der Waals surface area contributed by atoms with Gasteiger partial charge in [0, 0.05) is 21.8 Å². The summed E-state index contributed by atoms with van der Waals surface area (Å²) >= 11 is 8.51. The average molecular weight is 367 g/mol. The molecule has 21 heavy (non-hydrogen) atoms. The van der Waals surface area contributed by atoms with Crippen LogP contribution >= 0.6 is 28.1 Å². The fourth-order valence-electron chi connectivity index (χ4n) is 1.89. The van der Waals surface area contributed by atoms with Crippen LogP contribution in [0.15, 0.2) is 40.9 Å². The van der Waals surface area contributed by atoms with Crippen LogP contribution in [0.4, 0.5) is 11.4 Å². The molecule has 4 nitrogen and oxygen atoms in total. The Morgan fingerprint density at radius 1 is 1.10 bits per heavy atom. The van der Waals surface area contributed by atoms with Gasteiger partial charge in [-0.15, -0.1) is 0 Å². The number of ether oxygens (including phenoxy) is 2. The molecule has 0 saturated carbocycles. The van der Waals surface area contributed by atoms with Crippen LogP contribution in [-0.4, -0.2) is 19.2 Å². The molecule has 0 fully saturated rings. The van der Waals surface area contributed by atoms with Crippen molar-refractivity contribution in [2.45, 2.75) is 0 Å². The van der Waals surface area contributed by atoms with Crippen LogP contribution in [0, 0.1) is 0 Å². The summed E-state index contributed by atoms with van der Waals surface area (Å²) in [6.07, 6.45) is 0. The highest BCUT2D eigenvalue weighted by atomic mass is 79.9. The highest BCUT2D eigenvalue weighted by molar-refractivity contribution is 9.10. The highest BCUT2D eigenvalue weighted by Crippen LogP contribution is 2.33. The fraction of sp³-hybridized carbons (Fsp3) is 0.133. The van der Waals surface area contributed by atoms with Gasteiger partial charge in [-0.2, -0.15) is 0 Å². The molecule has 6 heteroatoms. The van der Waals surface area contributed by atoms with E-state index in [0.717, 1.165) is 27.2 Å². The second kappa shape index (κ2) is 6.78. The van der Waals surface area contributed by atoms with Crippen LogP contribution in [0.1, 0.15) is 5.56 Å². The molecule has 0 saturated heterocycles. The van der Waals surface area contributed by atoms with Gasteiger partial charge < -0.3 is 20.5 Å². The van der Waals surface area contributed by atoms with Crippen LogP contribution in [0.2, 0.25) is 0 Å². The van der Waals surface area contributed by atoms with Crippen molar-refractivity contribution in [3.05, 3.63) is 46.4 Å². The normalized spacial score (nSPS) is 10.0. The molecular weight excluding hydrogens is 352 g/mol. The molecule has 0 aliphatic heterocycles. The Balaban J connectivity index is 2.44. The van der Waals surface area contributed by atoms with Crippen LogP contribution in [0.5, 0.6) is 11.5 Å². The molecule has 3 N–H and O–H groups in total. The van der Waals surface area contributed by atoms with Gasteiger partial charge in [0.05, 0.1) is 19.9 Å². The zero-order valence-corrected chi connectivity index (χ0v) is 14.0. The molecule has 0 amide bonds. The van der Waals surface area contributed by atoms with E-state index in [2.05, 4.69) is 21.2 Å². The van der Waals surface area contributed by atoms with Crippen molar-refractivity contribution < 1.29 is 9.47 Å². The number of anilines is 2. The van der Waals surface area contributed by atoms with Crippen molar-refractivity contribution in [2.75, 3.05) is 19.5 Å². The first-order chi connectivity index (χ1) is 10.0. The topological polar surface area (TPSA) is 56.5 Å². The number of rotatable bonds is 5. The minimum absolute atomic E-state index is 0.320. The highest BCUT2D eigenvalue weighted by Gasteiger charge is 2.10. The standard InChI is InChI=1S/C15H15BrN2O2S/c1-19-10-4-6-14(20-2)13(8-10)18-12-5-3-9(16)7-11(12)15(17)21/h3-8,18H,1-2H3,(H2,17,21). The summed E-state index contributed by atoms with van der Waals surface area (Å²) in [5.41, 5.74) is 8.11. The van der Waals surface area contributed by atoms with E-state index in [1.807, 2.05) is 36.4 Å². The van der Waals surface area contributed by atoms with Gasteiger partial charge in [0.2, 0.25) is 0 Å². The van der Waals surface area contributed by atoms with Gasteiger partial charge in [-0.25, -0.2) is 0 Å². The lowest BCUT2D eigenvalue weighted by atomic mass is 10.1. The third kappa shape index (κ3) is 3.65. The maximum Gasteiger partial charge on any atom is 0.142 e. The number of thiocarbonyl (C=S) groups is 1. The maximum atomic E-state index is 5.78. The number of benzene rings is 2. The first-order valence-corrected chi connectivity index (χ1v) is 7.33. The molecule has 0 spiro atoms. The fourth-order valence-corrected chi connectivity index (χ4v) is 2.42. The summed E-state index contributed by atoms with van der Waals surface area (Å²) in [6.45, 7) is 0. The van der Waals surface area contributed by atoms with Crippen LogP contribution in [-0.2, 0) is 0 Å². The summed E-state index contributed by atoms with van der Waals surface area (Å²) in [6, 6.07) is 11.2. The van der Waals surface area contributed by atoms with Gasteiger partial charge in [0.25, 0.3) is 0 Å². The van der Waals surface area contributed by atoms with E-state index in [4.69, 9.17) is 27.4 Å². The van der Waals surface area contributed by atoms with Gasteiger partial charge in [-0.05, 0) is 30.3 Å². The summed E-state index contributed by atoms with van der Waals surface area (Å²) in [4.78, 5) is 0.320. The lowest BCUT2D eigenvalue weighted by Crippen LogP contribution is -2.12. The SMILES string of the molecule is COc1ccc(OC)c(Nc2ccc(Br)cc2C(N)=S)c1. The van der Waals surface area contributed by atoms with Crippen molar-refractivity contribution in [2.24, 2.45) is 5.73 Å². The molecule has 2 rings (SSSR count). The van der Waals surface area contributed by atoms with Crippen molar-refractivity contribution >= 4 is 44.5 Å². The number of nitrogens with one attached hydrogen (secondary N) is 1. The van der Waals surface area contributed by atoms with Gasteiger partial charge in [0.1, 0.15) is 16.5 Å². The van der Waals surface area contributed by atoms with E-state index in [1.54, 1.807) is 14.2 Å². The Morgan fingerprint density at radius 2 is 1.86 bits per heavy atom. The van der Waals surface area contributed by atoms with E-state index < -0.39 is 0 Å². The molecule has 0 atom stereocenters.